The maximum absolute atomic E-state index is 5.83. The van der Waals surface area contributed by atoms with Crippen LogP contribution in [0.5, 0.6) is 0 Å². The van der Waals surface area contributed by atoms with Gasteiger partial charge in [0.1, 0.15) is 0 Å². The molecule has 0 aromatic heterocycles. The van der Waals surface area contributed by atoms with Gasteiger partial charge >= 0.3 is 0 Å². The van der Waals surface area contributed by atoms with Crippen LogP contribution in [0.3, 0.4) is 0 Å². The van der Waals surface area contributed by atoms with Crippen LogP contribution in [0.4, 0.5) is 0 Å². The molecule has 0 amide bonds. The Hall–Kier alpha value is -1.26. The molecular formula is C13H17N. The molecule has 0 spiro atoms. The van der Waals surface area contributed by atoms with Crippen molar-refractivity contribution in [3.63, 3.8) is 0 Å². The molecule has 74 valence electrons. The van der Waals surface area contributed by atoms with E-state index < -0.39 is 0 Å². The van der Waals surface area contributed by atoms with Crippen molar-refractivity contribution in [1.82, 2.24) is 0 Å². The summed E-state index contributed by atoms with van der Waals surface area (Å²) in [4.78, 5) is 0. The Balaban J connectivity index is 2.47. The largest absolute Gasteiger partial charge is 0.318 e. The van der Waals surface area contributed by atoms with Crippen molar-refractivity contribution in [2.75, 3.05) is 0 Å². The fraction of sp³-hybridized carbons (Fsp3) is 0.385. The molecule has 0 bridgehead atoms. The molecule has 1 nitrogen and oxygen atoms in total. The molecule has 0 saturated heterocycles. The van der Waals surface area contributed by atoms with Crippen molar-refractivity contribution < 1.29 is 0 Å². The van der Waals surface area contributed by atoms with E-state index in [4.69, 9.17) is 5.73 Å². The van der Waals surface area contributed by atoms with Crippen LogP contribution in [0.2, 0.25) is 0 Å². The van der Waals surface area contributed by atoms with Crippen LogP contribution in [0.15, 0.2) is 30.3 Å². The summed E-state index contributed by atoms with van der Waals surface area (Å²) in [5, 5.41) is 0. The average molecular weight is 187 g/mol. The highest BCUT2D eigenvalue weighted by Gasteiger charge is 1.94. The number of hydrogen-bond donors (Lipinski definition) is 1. The first-order chi connectivity index (χ1) is 6.83. The SMILES string of the molecule is CCCC[C@@H](N)C#Cc1ccccc1. The van der Waals surface area contributed by atoms with Gasteiger partial charge in [0, 0.05) is 5.56 Å². The minimum atomic E-state index is 0.0233. The van der Waals surface area contributed by atoms with Crippen molar-refractivity contribution in [3.8, 4) is 11.8 Å². The zero-order valence-electron chi connectivity index (χ0n) is 8.66. The Morgan fingerprint density at radius 2 is 2.00 bits per heavy atom. The molecule has 0 saturated carbocycles. The number of hydrogen-bond acceptors (Lipinski definition) is 1. The second-order valence-corrected chi connectivity index (χ2v) is 3.38. The lowest BCUT2D eigenvalue weighted by atomic mass is 10.1. The Morgan fingerprint density at radius 1 is 1.29 bits per heavy atom. The van der Waals surface area contributed by atoms with E-state index in [9.17, 15) is 0 Å². The third kappa shape index (κ3) is 4.11. The molecule has 0 aliphatic carbocycles. The van der Waals surface area contributed by atoms with Crippen molar-refractivity contribution in [2.24, 2.45) is 5.73 Å². The van der Waals surface area contributed by atoms with Crippen LogP contribution in [-0.4, -0.2) is 6.04 Å². The smallest absolute Gasteiger partial charge is 0.0668 e. The summed E-state index contributed by atoms with van der Waals surface area (Å²) in [6.45, 7) is 2.16. The molecule has 0 unspecified atom stereocenters. The van der Waals surface area contributed by atoms with E-state index in [1.165, 1.54) is 6.42 Å². The topological polar surface area (TPSA) is 26.0 Å². The lowest BCUT2D eigenvalue weighted by molar-refractivity contribution is 0.667. The standard InChI is InChI=1S/C13H17N/c1-2-3-9-13(14)11-10-12-7-5-4-6-8-12/h4-8,13H,2-3,9,14H2,1H3/t13-/m1/s1. The number of unbranched alkanes of at least 4 members (excludes halogenated alkanes) is 1. The normalized spacial score (nSPS) is 11.6. The fourth-order valence-corrected chi connectivity index (χ4v) is 1.19. The van der Waals surface area contributed by atoms with Crippen LogP contribution in [-0.2, 0) is 0 Å². The minimum absolute atomic E-state index is 0.0233. The first-order valence-corrected chi connectivity index (χ1v) is 5.15. The third-order valence-corrected chi connectivity index (χ3v) is 2.04. The van der Waals surface area contributed by atoms with E-state index >= 15 is 0 Å². The van der Waals surface area contributed by atoms with Crippen molar-refractivity contribution in [3.05, 3.63) is 35.9 Å². The van der Waals surface area contributed by atoms with E-state index in [0.717, 1.165) is 18.4 Å². The summed E-state index contributed by atoms with van der Waals surface area (Å²) in [6.07, 6.45) is 3.34. The molecule has 0 aliphatic rings. The molecule has 0 radical (unpaired) electrons. The van der Waals surface area contributed by atoms with E-state index in [0.29, 0.717) is 0 Å². The predicted octanol–water partition coefficient (Wildman–Crippen LogP) is 2.56. The third-order valence-electron chi connectivity index (χ3n) is 2.04. The predicted molar refractivity (Wildman–Crippen MR) is 60.8 cm³/mol. The van der Waals surface area contributed by atoms with Crippen molar-refractivity contribution in [1.29, 1.82) is 0 Å². The van der Waals surface area contributed by atoms with E-state index in [-0.39, 0.29) is 6.04 Å². The zero-order chi connectivity index (χ0) is 10.2. The second-order valence-electron chi connectivity index (χ2n) is 3.38. The van der Waals surface area contributed by atoms with Crippen molar-refractivity contribution >= 4 is 0 Å². The van der Waals surface area contributed by atoms with Gasteiger partial charge in [-0.2, -0.15) is 0 Å². The Kier molecular flexibility index (Phi) is 4.82. The van der Waals surface area contributed by atoms with Gasteiger partial charge in [0.2, 0.25) is 0 Å². The Morgan fingerprint density at radius 3 is 2.64 bits per heavy atom. The highest BCUT2D eigenvalue weighted by atomic mass is 14.6. The molecule has 0 heterocycles. The molecule has 14 heavy (non-hydrogen) atoms. The summed E-state index contributed by atoms with van der Waals surface area (Å²) in [5.41, 5.74) is 6.88. The molecule has 1 atom stereocenters. The van der Waals surface area contributed by atoms with Crippen LogP contribution in [0, 0.1) is 11.8 Å². The molecule has 0 aliphatic heterocycles. The summed E-state index contributed by atoms with van der Waals surface area (Å²) in [5.74, 6) is 6.14. The van der Waals surface area contributed by atoms with Crippen LogP contribution >= 0.6 is 0 Å². The van der Waals surface area contributed by atoms with Gasteiger partial charge in [-0.25, -0.2) is 0 Å². The summed E-state index contributed by atoms with van der Waals surface area (Å²) < 4.78 is 0. The second kappa shape index (κ2) is 6.23. The molecule has 1 rings (SSSR count). The Labute approximate surface area is 86.3 Å². The maximum atomic E-state index is 5.83. The molecule has 2 N–H and O–H groups in total. The van der Waals surface area contributed by atoms with Gasteiger partial charge in [-0.1, -0.05) is 49.8 Å². The summed E-state index contributed by atoms with van der Waals surface area (Å²) >= 11 is 0. The van der Waals surface area contributed by atoms with E-state index in [1.807, 2.05) is 30.3 Å². The quantitative estimate of drug-likeness (QED) is 0.723. The number of benzene rings is 1. The fourth-order valence-electron chi connectivity index (χ4n) is 1.19. The summed E-state index contributed by atoms with van der Waals surface area (Å²) in [6, 6.07) is 9.99. The van der Waals surface area contributed by atoms with Gasteiger partial charge in [-0.15, -0.1) is 0 Å². The highest BCUT2D eigenvalue weighted by molar-refractivity contribution is 5.34. The number of nitrogens with two attached hydrogens (primary N) is 1. The molecule has 1 aromatic rings. The van der Waals surface area contributed by atoms with Gasteiger partial charge in [0.15, 0.2) is 0 Å². The van der Waals surface area contributed by atoms with Crippen LogP contribution < -0.4 is 5.73 Å². The molecule has 1 heteroatoms. The van der Waals surface area contributed by atoms with Gasteiger partial charge < -0.3 is 5.73 Å². The minimum Gasteiger partial charge on any atom is -0.318 e. The van der Waals surface area contributed by atoms with E-state index in [2.05, 4.69) is 18.8 Å². The monoisotopic (exact) mass is 187 g/mol. The zero-order valence-corrected chi connectivity index (χ0v) is 8.66. The average Bonchev–Trinajstić information content (AvgIpc) is 2.25. The number of rotatable bonds is 3. The van der Waals surface area contributed by atoms with Gasteiger partial charge in [0.05, 0.1) is 6.04 Å². The van der Waals surface area contributed by atoms with E-state index in [1.54, 1.807) is 0 Å². The highest BCUT2D eigenvalue weighted by Crippen LogP contribution is 1.98. The van der Waals surface area contributed by atoms with Gasteiger partial charge in [-0.3, -0.25) is 0 Å². The molecular weight excluding hydrogens is 170 g/mol. The Bertz CT molecular complexity index is 305. The lowest BCUT2D eigenvalue weighted by Crippen LogP contribution is -2.16. The summed E-state index contributed by atoms with van der Waals surface area (Å²) in [7, 11) is 0. The lowest BCUT2D eigenvalue weighted by Gasteiger charge is -2.00. The first-order valence-electron chi connectivity index (χ1n) is 5.15. The van der Waals surface area contributed by atoms with Crippen LogP contribution in [0.1, 0.15) is 31.7 Å². The molecule has 1 aromatic carbocycles. The van der Waals surface area contributed by atoms with Crippen molar-refractivity contribution in [2.45, 2.75) is 32.2 Å². The molecule has 0 fully saturated rings. The maximum Gasteiger partial charge on any atom is 0.0668 e. The van der Waals surface area contributed by atoms with Crippen LogP contribution in [0.25, 0.3) is 0 Å². The first kappa shape index (κ1) is 10.8. The van der Waals surface area contributed by atoms with Gasteiger partial charge in [0.25, 0.3) is 0 Å². The van der Waals surface area contributed by atoms with Gasteiger partial charge in [-0.05, 0) is 18.6 Å².